The molecule has 176 valence electrons. The van der Waals surface area contributed by atoms with Gasteiger partial charge in [-0.2, -0.15) is 0 Å². The van der Waals surface area contributed by atoms with Gasteiger partial charge in [0, 0.05) is 44.4 Å². The summed E-state index contributed by atoms with van der Waals surface area (Å²) in [6.07, 6.45) is 0.572. The highest BCUT2D eigenvalue weighted by Crippen LogP contribution is 2.28. The molecule has 3 N–H and O–H groups in total. The molecule has 0 bridgehead atoms. The van der Waals surface area contributed by atoms with E-state index in [1.807, 2.05) is 6.92 Å². The molecular weight excluding hydrogens is 459 g/mol. The Labute approximate surface area is 191 Å². The number of nitrogens with zero attached hydrogens (tertiary/aromatic N) is 4. The molecule has 2 amide bonds. The van der Waals surface area contributed by atoms with Crippen LogP contribution in [-0.4, -0.2) is 69.5 Å². The number of aliphatic hydroxyl groups excluding tert-OH is 2. The number of rotatable bonds is 5. The number of hydrogen-bond acceptors (Lipinski definition) is 7. The van der Waals surface area contributed by atoms with Crippen LogP contribution in [0.5, 0.6) is 0 Å². The molecule has 2 unspecified atom stereocenters. The number of aliphatic hydroxyl groups is 2. The SMILES string of the molecule is CC1CN(c2ncc(CC(O)CO)cc2F)CCN1C(=O)Nc1nc2cc(F)c(F)cc2s1. The molecule has 0 radical (unpaired) electrons. The minimum atomic E-state index is -1.01. The molecule has 0 saturated carbocycles. The van der Waals surface area contributed by atoms with E-state index in [1.54, 1.807) is 9.80 Å². The maximum atomic E-state index is 14.6. The molecular formula is C21H22F3N5O3S. The molecule has 4 rings (SSSR count). The molecule has 1 saturated heterocycles. The summed E-state index contributed by atoms with van der Waals surface area (Å²) < 4.78 is 41.8. The standard InChI is InChI=1S/C21H22F3N5O3S/c1-11-9-28(19-16(24)5-12(8-25-19)4-13(31)10-30)2-3-29(11)21(32)27-20-26-17-6-14(22)15(23)7-18(17)33-20/h5-8,11,13,30-31H,2-4,9-10H2,1H3,(H,26,27,32). The lowest BCUT2D eigenvalue weighted by Gasteiger charge is -2.40. The van der Waals surface area contributed by atoms with Crippen molar-refractivity contribution in [2.75, 3.05) is 36.5 Å². The number of amides is 2. The molecule has 8 nitrogen and oxygen atoms in total. The van der Waals surface area contributed by atoms with Gasteiger partial charge in [0.05, 0.1) is 22.9 Å². The van der Waals surface area contributed by atoms with Gasteiger partial charge in [-0.3, -0.25) is 5.32 Å². The van der Waals surface area contributed by atoms with Gasteiger partial charge in [0.1, 0.15) is 0 Å². The molecule has 1 fully saturated rings. The Morgan fingerprint density at radius 3 is 2.70 bits per heavy atom. The van der Waals surface area contributed by atoms with Crippen molar-refractivity contribution in [1.82, 2.24) is 14.9 Å². The third kappa shape index (κ3) is 5.02. The van der Waals surface area contributed by atoms with E-state index in [2.05, 4.69) is 15.3 Å². The highest BCUT2D eigenvalue weighted by Gasteiger charge is 2.30. The number of thiazole rings is 1. The summed E-state index contributed by atoms with van der Waals surface area (Å²) in [6, 6.07) is 2.61. The fourth-order valence-electron chi connectivity index (χ4n) is 3.74. The zero-order chi connectivity index (χ0) is 23.7. The van der Waals surface area contributed by atoms with E-state index in [4.69, 9.17) is 5.11 Å². The molecule has 2 atom stereocenters. The highest BCUT2D eigenvalue weighted by atomic mass is 32.1. The highest BCUT2D eigenvalue weighted by molar-refractivity contribution is 7.22. The van der Waals surface area contributed by atoms with Crippen LogP contribution in [0, 0.1) is 17.5 Å². The van der Waals surface area contributed by atoms with Crippen molar-refractivity contribution in [3.05, 3.63) is 47.4 Å². The first kappa shape index (κ1) is 23.2. The van der Waals surface area contributed by atoms with Crippen LogP contribution >= 0.6 is 11.3 Å². The number of benzene rings is 1. The second-order valence-electron chi connectivity index (χ2n) is 7.86. The second-order valence-corrected chi connectivity index (χ2v) is 8.89. The van der Waals surface area contributed by atoms with Gasteiger partial charge in [-0.15, -0.1) is 0 Å². The first-order valence-corrected chi connectivity index (χ1v) is 11.1. The van der Waals surface area contributed by atoms with Gasteiger partial charge in [-0.05, 0) is 24.6 Å². The molecule has 2 aromatic heterocycles. The smallest absolute Gasteiger partial charge is 0.324 e. The molecule has 0 spiro atoms. The van der Waals surface area contributed by atoms with Crippen LogP contribution < -0.4 is 10.2 Å². The fraction of sp³-hybridized carbons (Fsp3) is 0.381. The van der Waals surface area contributed by atoms with Crippen molar-refractivity contribution in [1.29, 1.82) is 0 Å². The number of carbonyl (C=O) groups is 1. The molecule has 1 aromatic carbocycles. The summed E-state index contributed by atoms with van der Waals surface area (Å²) in [5.41, 5.74) is 0.725. The Kier molecular flexibility index (Phi) is 6.68. The molecule has 33 heavy (non-hydrogen) atoms. The van der Waals surface area contributed by atoms with Gasteiger partial charge in [-0.1, -0.05) is 11.3 Å². The lowest BCUT2D eigenvalue weighted by molar-refractivity contribution is 0.0954. The maximum absolute atomic E-state index is 14.6. The Bertz CT molecular complexity index is 1140. The lowest BCUT2D eigenvalue weighted by Crippen LogP contribution is -2.55. The lowest BCUT2D eigenvalue weighted by atomic mass is 10.1. The van der Waals surface area contributed by atoms with Crippen LogP contribution in [0.3, 0.4) is 0 Å². The summed E-state index contributed by atoms with van der Waals surface area (Å²) in [5, 5.41) is 21.3. The van der Waals surface area contributed by atoms with Crippen LogP contribution in [0.2, 0.25) is 0 Å². The number of urea groups is 1. The summed E-state index contributed by atoms with van der Waals surface area (Å²) in [5.74, 6) is -2.38. The van der Waals surface area contributed by atoms with E-state index in [-0.39, 0.29) is 28.9 Å². The maximum Gasteiger partial charge on any atom is 0.324 e. The summed E-state index contributed by atoms with van der Waals surface area (Å²) >= 11 is 1.04. The van der Waals surface area contributed by atoms with Crippen LogP contribution in [0.4, 0.5) is 28.9 Å². The van der Waals surface area contributed by atoms with Crippen molar-refractivity contribution in [3.63, 3.8) is 0 Å². The van der Waals surface area contributed by atoms with E-state index < -0.39 is 36.2 Å². The molecule has 1 aliphatic rings. The summed E-state index contributed by atoms with van der Waals surface area (Å²) in [4.78, 5) is 24.4. The van der Waals surface area contributed by atoms with Crippen molar-refractivity contribution < 1.29 is 28.2 Å². The minimum absolute atomic E-state index is 0.0934. The van der Waals surface area contributed by atoms with Crippen molar-refractivity contribution >= 4 is 38.5 Å². The third-order valence-electron chi connectivity index (χ3n) is 5.39. The summed E-state index contributed by atoms with van der Waals surface area (Å²) in [6.45, 7) is 2.38. The molecule has 3 heterocycles. The number of fused-ring (bicyclic) bond motifs is 1. The molecule has 1 aliphatic heterocycles. The van der Waals surface area contributed by atoms with Crippen LogP contribution in [0.15, 0.2) is 24.4 Å². The van der Waals surface area contributed by atoms with E-state index >= 15 is 0 Å². The van der Waals surface area contributed by atoms with Crippen molar-refractivity contribution in [2.24, 2.45) is 0 Å². The number of pyridine rings is 1. The first-order valence-electron chi connectivity index (χ1n) is 10.3. The minimum Gasteiger partial charge on any atom is -0.394 e. The van der Waals surface area contributed by atoms with Crippen LogP contribution in [-0.2, 0) is 6.42 Å². The van der Waals surface area contributed by atoms with Gasteiger partial charge in [-0.25, -0.2) is 27.9 Å². The van der Waals surface area contributed by atoms with Crippen molar-refractivity contribution in [3.8, 4) is 0 Å². The van der Waals surface area contributed by atoms with Crippen molar-refractivity contribution in [2.45, 2.75) is 25.5 Å². The predicted molar refractivity (Wildman–Crippen MR) is 118 cm³/mol. The van der Waals surface area contributed by atoms with E-state index in [9.17, 15) is 23.1 Å². The van der Waals surface area contributed by atoms with Gasteiger partial charge in [0.25, 0.3) is 0 Å². The van der Waals surface area contributed by atoms with E-state index in [0.29, 0.717) is 29.9 Å². The molecule has 3 aromatic rings. The second kappa shape index (κ2) is 9.49. The van der Waals surface area contributed by atoms with E-state index in [0.717, 1.165) is 23.5 Å². The monoisotopic (exact) mass is 481 g/mol. The molecule has 12 heteroatoms. The van der Waals surface area contributed by atoms with Crippen LogP contribution in [0.25, 0.3) is 10.2 Å². The number of hydrogen-bond donors (Lipinski definition) is 3. The zero-order valence-electron chi connectivity index (χ0n) is 17.6. The van der Waals surface area contributed by atoms with Gasteiger partial charge in [0.15, 0.2) is 28.4 Å². The van der Waals surface area contributed by atoms with E-state index in [1.165, 1.54) is 12.3 Å². The van der Waals surface area contributed by atoms with Crippen LogP contribution in [0.1, 0.15) is 12.5 Å². The Hall–Kier alpha value is -2.96. The predicted octanol–water partition coefficient (Wildman–Crippen LogP) is 2.75. The Balaban J connectivity index is 1.40. The number of piperazine rings is 1. The zero-order valence-corrected chi connectivity index (χ0v) is 18.4. The normalized spacial score (nSPS) is 17.5. The Morgan fingerprint density at radius 1 is 1.24 bits per heavy atom. The number of carbonyl (C=O) groups excluding carboxylic acids is 1. The number of aromatic nitrogens is 2. The molecule has 0 aliphatic carbocycles. The number of anilines is 2. The first-order chi connectivity index (χ1) is 15.7. The quantitative estimate of drug-likeness (QED) is 0.518. The number of nitrogens with one attached hydrogen (secondary N) is 1. The van der Waals surface area contributed by atoms with Gasteiger partial charge < -0.3 is 20.0 Å². The average Bonchev–Trinajstić information content (AvgIpc) is 3.14. The Morgan fingerprint density at radius 2 is 2.00 bits per heavy atom. The topological polar surface area (TPSA) is 102 Å². The fourth-order valence-corrected chi connectivity index (χ4v) is 4.61. The summed E-state index contributed by atoms with van der Waals surface area (Å²) in [7, 11) is 0. The third-order valence-corrected chi connectivity index (χ3v) is 6.33. The largest absolute Gasteiger partial charge is 0.394 e. The average molecular weight is 482 g/mol. The van der Waals surface area contributed by atoms with Gasteiger partial charge >= 0.3 is 6.03 Å². The number of halogens is 3. The van der Waals surface area contributed by atoms with Gasteiger partial charge in [0.2, 0.25) is 0 Å².